The molecule has 0 saturated carbocycles. The topological polar surface area (TPSA) is 58.2 Å². The van der Waals surface area contributed by atoms with Crippen molar-refractivity contribution in [3.63, 3.8) is 0 Å². The molecule has 0 aliphatic heterocycles. The Labute approximate surface area is 141 Å². The number of aryl methyl sites for hydroxylation is 2. The van der Waals surface area contributed by atoms with E-state index in [9.17, 15) is 18.4 Å². The lowest BCUT2D eigenvalue weighted by atomic mass is 10.1. The molecule has 0 fully saturated rings. The van der Waals surface area contributed by atoms with Crippen LogP contribution in [-0.4, -0.2) is 11.8 Å². The van der Waals surface area contributed by atoms with Crippen LogP contribution in [0.15, 0.2) is 24.3 Å². The smallest absolute Gasteiger partial charge is 0.267 e. The Morgan fingerprint density at radius 3 is 2.58 bits per heavy atom. The van der Waals surface area contributed by atoms with Crippen molar-refractivity contribution in [2.45, 2.75) is 32.1 Å². The Bertz CT molecular complexity index is 765. The van der Waals surface area contributed by atoms with E-state index in [2.05, 4.69) is 10.9 Å². The molecular weight excluding hydrogens is 334 g/mol. The van der Waals surface area contributed by atoms with Gasteiger partial charge in [0.1, 0.15) is 0 Å². The minimum Gasteiger partial charge on any atom is -0.267 e. The molecule has 0 radical (unpaired) electrons. The summed E-state index contributed by atoms with van der Waals surface area (Å²) in [5, 5.41) is 0. The molecule has 2 aromatic rings. The zero-order valence-electron chi connectivity index (χ0n) is 12.8. The van der Waals surface area contributed by atoms with Gasteiger partial charge in [-0.2, -0.15) is 0 Å². The number of thiophene rings is 1. The maximum atomic E-state index is 13.5. The molecule has 0 unspecified atom stereocenters. The van der Waals surface area contributed by atoms with Gasteiger partial charge in [-0.3, -0.25) is 20.4 Å². The lowest BCUT2D eigenvalue weighted by molar-refractivity contribution is 0.0846. The summed E-state index contributed by atoms with van der Waals surface area (Å²) >= 11 is 1.41. The molecule has 1 aliphatic rings. The van der Waals surface area contributed by atoms with E-state index >= 15 is 0 Å². The van der Waals surface area contributed by atoms with E-state index in [0.717, 1.165) is 37.8 Å². The molecule has 0 spiro atoms. The SMILES string of the molecule is O=C(NNC(=O)c1cccc(F)c1F)c1cc2c(s1)CCCCC2. The second kappa shape index (κ2) is 7.09. The lowest BCUT2D eigenvalue weighted by Crippen LogP contribution is -2.41. The molecule has 1 aromatic heterocycles. The fourth-order valence-corrected chi connectivity index (χ4v) is 3.85. The van der Waals surface area contributed by atoms with Gasteiger partial charge in [0, 0.05) is 4.88 Å². The molecule has 1 aliphatic carbocycles. The Morgan fingerprint density at radius 2 is 1.75 bits per heavy atom. The third kappa shape index (κ3) is 3.46. The number of halogens is 2. The standard InChI is InChI=1S/C17H16F2N2O2S/c18-12-7-4-6-11(15(12)19)16(22)20-21-17(23)14-9-10-5-2-1-3-8-13(10)24-14/h4,6-7,9H,1-3,5,8H2,(H,20,22)(H,21,23). The average molecular weight is 350 g/mol. The van der Waals surface area contributed by atoms with Crippen molar-refractivity contribution in [2.75, 3.05) is 0 Å². The molecule has 0 saturated heterocycles. The molecular formula is C17H16F2N2O2S. The van der Waals surface area contributed by atoms with Gasteiger partial charge in [0.05, 0.1) is 10.4 Å². The molecule has 3 rings (SSSR count). The maximum absolute atomic E-state index is 13.5. The van der Waals surface area contributed by atoms with Crippen molar-refractivity contribution in [3.8, 4) is 0 Å². The first-order chi connectivity index (χ1) is 11.6. The molecule has 126 valence electrons. The highest BCUT2D eigenvalue weighted by atomic mass is 32.1. The Morgan fingerprint density at radius 1 is 1.00 bits per heavy atom. The minimum absolute atomic E-state index is 0.460. The van der Waals surface area contributed by atoms with Crippen LogP contribution in [0.4, 0.5) is 8.78 Å². The first-order valence-corrected chi connectivity index (χ1v) is 8.54. The summed E-state index contributed by atoms with van der Waals surface area (Å²) < 4.78 is 26.7. The van der Waals surface area contributed by atoms with Crippen molar-refractivity contribution in [3.05, 3.63) is 56.8 Å². The van der Waals surface area contributed by atoms with Crippen LogP contribution in [0, 0.1) is 11.6 Å². The van der Waals surface area contributed by atoms with Gasteiger partial charge in [-0.15, -0.1) is 11.3 Å². The van der Waals surface area contributed by atoms with Crippen LogP contribution in [0.25, 0.3) is 0 Å². The molecule has 1 heterocycles. The van der Waals surface area contributed by atoms with Gasteiger partial charge < -0.3 is 0 Å². The number of benzene rings is 1. The van der Waals surface area contributed by atoms with Crippen LogP contribution in [-0.2, 0) is 12.8 Å². The summed E-state index contributed by atoms with van der Waals surface area (Å²) in [6, 6.07) is 5.14. The second-order valence-electron chi connectivity index (χ2n) is 5.63. The predicted octanol–water partition coefficient (Wildman–Crippen LogP) is 3.37. The number of carbonyl (C=O) groups excluding carboxylic acids is 2. The molecule has 4 nitrogen and oxygen atoms in total. The average Bonchev–Trinajstić information content (AvgIpc) is 2.86. The van der Waals surface area contributed by atoms with Crippen molar-refractivity contribution in [1.29, 1.82) is 0 Å². The number of hydrogen-bond donors (Lipinski definition) is 2. The van der Waals surface area contributed by atoms with Crippen LogP contribution in [0.5, 0.6) is 0 Å². The number of nitrogens with one attached hydrogen (secondary N) is 2. The van der Waals surface area contributed by atoms with Gasteiger partial charge in [0.25, 0.3) is 11.8 Å². The van der Waals surface area contributed by atoms with E-state index in [4.69, 9.17) is 0 Å². The third-order valence-electron chi connectivity index (χ3n) is 3.96. The highest BCUT2D eigenvalue weighted by Crippen LogP contribution is 2.28. The molecule has 2 amide bonds. The van der Waals surface area contributed by atoms with E-state index in [-0.39, 0.29) is 0 Å². The summed E-state index contributed by atoms with van der Waals surface area (Å²) in [6.45, 7) is 0. The zero-order valence-corrected chi connectivity index (χ0v) is 13.6. The summed E-state index contributed by atoms with van der Waals surface area (Å²) in [5.74, 6) is -3.72. The third-order valence-corrected chi connectivity index (χ3v) is 5.19. The summed E-state index contributed by atoms with van der Waals surface area (Å²) in [4.78, 5) is 25.7. The molecule has 0 bridgehead atoms. The first-order valence-electron chi connectivity index (χ1n) is 7.72. The molecule has 1 aromatic carbocycles. The van der Waals surface area contributed by atoms with E-state index < -0.39 is 29.0 Å². The summed E-state index contributed by atoms with van der Waals surface area (Å²) in [7, 11) is 0. The Balaban J connectivity index is 1.65. The summed E-state index contributed by atoms with van der Waals surface area (Å²) in [6.07, 6.45) is 5.34. The predicted molar refractivity (Wildman–Crippen MR) is 86.9 cm³/mol. The second-order valence-corrected chi connectivity index (χ2v) is 6.77. The quantitative estimate of drug-likeness (QED) is 0.644. The number of amides is 2. The lowest BCUT2D eigenvalue weighted by Gasteiger charge is -2.07. The van der Waals surface area contributed by atoms with E-state index in [0.29, 0.717) is 4.88 Å². The van der Waals surface area contributed by atoms with Crippen LogP contribution in [0.2, 0.25) is 0 Å². The number of carbonyl (C=O) groups is 2. The number of hydrogen-bond acceptors (Lipinski definition) is 3. The normalized spacial score (nSPS) is 13.8. The van der Waals surface area contributed by atoms with Crippen molar-refractivity contribution in [1.82, 2.24) is 10.9 Å². The number of hydrazine groups is 1. The Hall–Kier alpha value is -2.28. The van der Waals surface area contributed by atoms with Crippen LogP contribution in [0.1, 0.15) is 49.7 Å². The van der Waals surface area contributed by atoms with Crippen LogP contribution >= 0.6 is 11.3 Å². The van der Waals surface area contributed by atoms with Gasteiger partial charge >= 0.3 is 0 Å². The number of fused-ring (bicyclic) bond motifs is 1. The fraction of sp³-hybridized carbons (Fsp3) is 0.294. The zero-order chi connectivity index (χ0) is 17.1. The molecule has 0 atom stereocenters. The maximum Gasteiger partial charge on any atom is 0.279 e. The van der Waals surface area contributed by atoms with Crippen molar-refractivity contribution < 1.29 is 18.4 Å². The highest BCUT2D eigenvalue weighted by molar-refractivity contribution is 7.14. The van der Waals surface area contributed by atoms with Crippen LogP contribution in [0.3, 0.4) is 0 Å². The van der Waals surface area contributed by atoms with Crippen LogP contribution < -0.4 is 10.9 Å². The largest absolute Gasteiger partial charge is 0.279 e. The molecule has 24 heavy (non-hydrogen) atoms. The Kier molecular flexibility index (Phi) is 4.89. The monoisotopic (exact) mass is 350 g/mol. The van der Waals surface area contributed by atoms with Crippen molar-refractivity contribution >= 4 is 23.2 Å². The summed E-state index contributed by atoms with van der Waals surface area (Å²) in [5.41, 5.74) is 5.10. The van der Waals surface area contributed by atoms with Gasteiger partial charge in [-0.25, -0.2) is 8.78 Å². The molecule has 7 heteroatoms. The van der Waals surface area contributed by atoms with Gasteiger partial charge in [0.2, 0.25) is 0 Å². The minimum atomic E-state index is -1.24. The highest BCUT2D eigenvalue weighted by Gasteiger charge is 2.18. The van der Waals surface area contributed by atoms with Crippen molar-refractivity contribution in [2.24, 2.45) is 0 Å². The van der Waals surface area contributed by atoms with E-state index in [1.807, 2.05) is 6.07 Å². The van der Waals surface area contributed by atoms with Gasteiger partial charge in [0.15, 0.2) is 11.6 Å². The van der Waals surface area contributed by atoms with Gasteiger partial charge in [-0.05, 0) is 49.4 Å². The number of rotatable bonds is 2. The first kappa shape index (κ1) is 16.6. The van der Waals surface area contributed by atoms with E-state index in [1.54, 1.807) is 0 Å². The van der Waals surface area contributed by atoms with Gasteiger partial charge in [-0.1, -0.05) is 12.5 Å². The molecule has 2 N–H and O–H groups in total. The fourth-order valence-electron chi connectivity index (χ4n) is 2.70. The van der Waals surface area contributed by atoms with E-state index in [1.165, 1.54) is 34.3 Å².